The first kappa shape index (κ1) is 13.8. The van der Waals surface area contributed by atoms with Gasteiger partial charge in [-0.25, -0.2) is 0 Å². The molecule has 0 atom stereocenters. The Morgan fingerprint density at radius 1 is 1.00 bits per heavy atom. The number of benzene rings is 1. The van der Waals surface area contributed by atoms with Gasteiger partial charge in [-0.1, -0.05) is 18.2 Å². The first-order valence-corrected chi connectivity index (χ1v) is 6.66. The highest BCUT2D eigenvalue weighted by molar-refractivity contribution is 5.72. The van der Waals surface area contributed by atoms with Gasteiger partial charge in [-0.2, -0.15) is 0 Å². The topological polar surface area (TPSA) is 69.2 Å². The highest BCUT2D eigenvalue weighted by atomic mass is 16.6. The third-order valence-corrected chi connectivity index (χ3v) is 3.14. The zero-order valence-electron chi connectivity index (χ0n) is 11.5. The molecule has 0 aliphatic carbocycles. The van der Waals surface area contributed by atoms with Gasteiger partial charge in [-0.05, 0) is 42.0 Å². The second-order valence-corrected chi connectivity index (χ2v) is 4.59. The van der Waals surface area contributed by atoms with Crippen LogP contribution in [-0.4, -0.2) is 9.91 Å². The summed E-state index contributed by atoms with van der Waals surface area (Å²) in [5.41, 5.74) is 1.50. The van der Waals surface area contributed by atoms with Crippen LogP contribution in [0.4, 0.5) is 5.69 Å². The van der Waals surface area contributed by atoms with Crippen LogP contribution < -0.4 is 0 Å². The SMILES string of the molecule is O=[N+]([O-])c1ccccc1-c1ccc(/C=C/c2ccncc2)o1. The van der Waals surface area contributed by atoms with Crippen molar-refractivity contribution in [2.45, 2.75) is 0 Å². The fraction of sp³-hybridized carbons (Fsp3) is 0. The molecule has 0 aliphatic heterocycles. The van der Waals surface area contributed by atoms with Crippen molar-refractivity contribution in [2.75, 3.05) is 0 Å². The van der Waals surface area contributed by atoms with E-state index in [4.69, 9.17) is 4.42 Å². The lowest BCUT2D eigenvalue weighted by Crippen LogP contribution is -1.90. The summed E-state index contributed by atoms with van der Waals surface area (Å²) >= 11 is 0. The lowest BCUT2D eigenvalue weighted by Gasteiger charge is -1.98. The van der Waals surface area contributed by atoms with E-state index in [9.17, 15) is 10.1 Å². The van der Waals surface area contributed by atoms with Crippen LogP contribution in [0.5, 0.6) is 0 Å². The van der Waals surface area contributed by atoms with E-state index in [0.717, 1.165) is 5.56 Å². The number of rotatable bonds is 4. The van der Waals surface area contributed by atoms with E-state index in [2.05, 4.69) is 4.98 Å². The largest absolute Gasteiger partial charge is 0.456 e. The normalized spacial score (nSPS) is 10.9. The maximum atomic E-state index is 11.1. The minimum Gasteiger partial charge on any atom is -0.456 e. The van der Waals surface area contributed by atoms with Gasteiger partial charge in [0.05, 0.1) is 10.5 Å². The zero-order chi connectivity index (χ0) is 15.4. The minimum absolute atomic E-state index is 0.0292. The van der Waals surface area contributed by atoms with Crippen LogP contribution in [0, 0.1) is 10.1 Å². The van der Waals surface area contributed by atoms with Crippen molar-refractivity contribution in [1.82, 2.24) is 4.98 Å². The molecule has 0 N–H and O–H groups in total. The average molecular weight is 292 g/mol. The van der Waals surface area contributed by atoms with Gasteiger partial charge in [0, 0.05) is 18.5 Å². The molecule has 0 saturated carbocycles. The Balaban J connectivity index is 1.89. The Morgan fingerprint density at radius 2 is 1.77 bits per heavy atom. The van der Waals surface area contributed by atoms with Crippen molar-refractivity contribution >= 4 is 17.8 Å². The van der Waals surface area contributed by atoms with Gasteiger partial charge in [-0.3, -0.25) is 15.1 Å². The molecular formula is C17H12N2O3. The number of nitrogens with zero attached hydrogens (tertiary/aromatic N) is 2. The Labute approximate surface area is 126 Å². The molecule has 108 valence electrons. The summed E-state index contributed by atoms with van der Waals surface area (Å²) in [6.45, 7) is 0. The van der Waals surface area contributed by atoms with Crippen LogP contribution in [0.3, 0.4) is 0 Å². The van der Waals surface area contributed by atoms with Crippen LogP contribution in [0.1, 0.15) is 11.3 Å². The molecule has 0 unspecified atom stereocenters. The first-order valence-electron chi connectivity index (χ1n) is 6.66. The predicted molar refractivity (Wildman–Crippen MR) is 84.0 cm³/mol. The molecule has 0 fully saturated rings. The molecule has 3 rings (SSSR count). The van der Waals surface area contributed by atoms with Crippen LogP contribution in [0.25, 0.3) is 23.5 Å². The highest BCUT2D eigenvalue weighted by Crippen LogP contribution is 2.31. The van der Waals surface area contributed by atoms with E-state index >= 15 is 0 Å². The lowest BCUT2D eigenvalue weighted by molar-refractivity contribution is -0.384. The fourth-order valence-corrected chi connectivity index (χ4v) is 2.08. The second-order valence-electron chi connectivity index (χ2n) is 4.59. The van der Waals surface area contributed by atoms with Crippen LogP contribution in [-0.2, 0) is 0 Å². The van der Waals surface area contributed by atoms with Gasteiger partial charge < -0.3 is 4.42 Å². The molecule has 5 heteroatoms. The number of hydrogen-bond acceptors (Lipinski definition) is 4. The average Bonchev–Trinajstić information content (AvgIpc) is 3.03. The number of pyridine rings is 1. The maximum Gasteiger partial charge on any atom is 0.280 e. The van der Waals surface area contributed by atoms with E-state index in [0.29, 0.717) is 17.1 Å². The molecule has 0 bridgehead atoms. The van der Waals surface area contributed by atoms with Gasteiger partial charge in [0.2, 0.25) is 0 Å². The molecule has 2 aromatic heterocycles. The summed E-state index contributed by atoms with van der Waals surface area (Å²) in [5, 5.41) is 11.1. The Morgan fingerprint density at radius 3 is 2.55 bits per heavy atom. The Kier molecular flexibility index (Phi) is 3.78. The third-order valence-electron chi connectivity index (χ3n) is 3.14. The van der Waals surface area contributed by atoms with Gasteiger partial charge in [0.1, 0.15) is 11.5 Å². The van der Waals surface area contributed by atoms with Crippen LogP contribution in [0.15, 0.2) is 65.3 Å². The molecular weight excluding hydrogens is 280 g/mol. The first-order chi connectivity index (χ1) is 10.7. The second kappa shape index (κ2) is 6.05. The molecule has 2 heterocycles. The highest BCUT2D eigenvalue weighted by Gasteiger charge is 2.16. The standard InChI is InChI=1S/C17H12N2O3/c20-19(21)16-4-2-1-3-15(16)17-8-7-14(22-17)6-5-13-9-11-18-12-10-13/h1-12H/b6-5+. The number of nitro groups is 1. The number of furan rings is 1. The lowest BCUT2D eigenvalue weighted by atomic mass is 10.1. The van der Waals surface area contributed by atoms with Gasteiger partial charge in [0.25, 0.3) is 5.69 Å². The molecule has 3 aromatic rings. The van der Waals surface area contributed by atoms with E-state index in [-0.39, 0.29) is 5.69 Å². The van der Waals surface area contributed by atoms with Crippen molar-refractivity contribution in [3.8, 4) is 11.3 Å². The zero-order valence-corrected chi connectivity index (χ0v) is 11.5. The number of aromatic nitrogens is 1. The monoisotopic (exact) mass is 292 g/mol. The molecule has 0 spiro atoms. The Bertz CT molecular complexity index is 823. The van der Waals surface area contributed by atoms with E-state index in [1.165, 1.54) is 6.07 Å². The summed E-state index contributed by atoms with van der Waals surface area (Å²) in [7, 11) is 0. The van der Waals surface area contributed by atoms with Crippen molar-refractivity contribution in [1.29, 1.82) is 0 Å². The smallest absolute Gasteiger partial charge is 0.280 e. The number of nitro benzene ring substituents is 1. The van der Waals surface area contributed by atoms with Gasteiger partial charge >= 0.3 is 0 Å². The Hall–Kier alpha value is -3.21. The molecule has 0 aliphatic rings. The molecule has 5 nitrogen and oxygen atoms in total. The van der Waals surface area contributed by atoms with Crippen molar-refractivity contribution in [3.63, 3.8) is 0 Å². The molecule has 0 amide bonds. The fourth-order valence-electron chi connectivity index (χ4n) is 2.08. The quantitative estimate of drug-likeness (QED) is 0.527. The summed E-state index contributed by atoms with van der Waals surface area (Å²) in [4.78, 5) is 14.6. The minimum atomic E-state index is -0.412. The van der Waals surface area contributed by atoms with Crippen molar-refractivity contribution in [3.05, 3.63) is 82.4 Å². The maximum absolute atomic E-state index is 11.1. The number of hydrogen-bond donors (Lipinski definition) is 0. The van der Waals surface area contributed by atoms with Crippen molar-refractivity contribution in [2.24, 2.45) is 0 Å². The van der Waals surface area contributed by atoms with Crippen LogP contribution in [0.2, 0.25) is 0 Å². The molecule has 1 aromatic carbocycles. The number of para-hydroxylation sites is 1. The van der Waals surface area contributed by atoms with E-state index < -0.39 is 4.92 Å². The van der Waals surface area contributed by atoms with Gasteiger partial charge in [0.15, 0.2) is 0 Å². The summed E-state index contributed by atoms with van der Waals surface area (Å²) in [5.74, 6) is 1.10. The van der Waals surface area contributed by atoms with E-state index in [1.54, 1.807) is 42.7 Å². The predicted octanol–water partition coefficient (Wildman–Crippen LogP) is 4.42. The van der Waals surface area contributed by atoms with Crippen molar-refractivity contribution < 1.29 is 9.34 Å². The molecule has 0 radical (unpaired) electrons. The summed E-state index contributed by atoms with van der Waals surface area (Å²) in [6, 6.07) is 13.8. The molecule has 0 saturated heterocycles. The van der Waals surface area contributed by atoms with Gasteiger partial charge in [-0.15, -0.1) is 0 Å². The van der Waals surface area contributed by atoms with Crippen LogP contribution >= 0.6 is 0 Å². The molecule has 22 heavy (non-hydrogen) atoms. The van der Waals surface area contributed by atoms with E-state index in [1.807, 2.05) is 24.3 Å². The third kappa shape index (κ3) is 2.93. The summed E-state index contributed by atoms with van der Waals surface area (Å²) in [6.07, 6.45) is 7.12. The summed E-state index contributed by atoms with van der Waals surface area (Å²) < 4.78 is 5.68.